The number of para-hydroxylation sites is 1. The fourth-order valence-electron chi connectivity index (χ4n) is 2.21. The monoisotopic (exact) mass is 312 g/mol. The van der Waals surface area contributed by atoms with Gasteiger partial charge in [-0.05, 0) is 30.4 Å². The zero-order valence-electron chi connectivity index (χ0n) is 12.7. The van der Waals surface area contributed by atoms with Gasteiger partial charge in [-0.3, -0.25) is 0 Å². The predicted molar refractivity (Wildman–Crippen MR) is 87.6 cm³/mol. The van der Waals surface area contributed by atoms with Crippen LogP contribution in [-0.4, -0.2) is 9.55 Å². The molecule has 0 aliphatic rings. The lowest BCUT2D eigenvalue weighted by Gasteiger charge is -2.31. The number of hydrogen-bond donors (Lipinski definition) is 0. The van der Waals surface area contributed by atoms with Crippen molar-refractivity contribution in [3.8, 4) is 0 Å². The fraction of sp³-hybridized carbons (Fsp3) is 0.562. The topological polar surface area (TPSA) is 17.8 Å². The van der Waals surface area contributed by atoms with Gasteiger partial charge in [0.25, 0.3) is 0 Å². The number of halogens is 2. The van der Waals surface area contributed by atoms with Crippen molar-refractivity contribution in [1.29, 1.82) is 0 Å². The number of hydrogen-bond acceptors (Lipinski definition) is 1. The van der Waals surface area contributed by atoms with Crippen LogP contribution in [0.15, 0.2) is 18.2 Å². The van der Waals surface area contributed by atoms with Crippen molar-refractivity contribution in [2.75, 3.05) is 0 Å². The highest BCUT2D eigenvalue weighted by molar-refractivity contribution is 6.35. The van der Waals surface area contributed by atoms with E-state index in [1.54, 1.807) is 0 Å². The summed E-state index contributed by atoms with van der Waals surface area (Å²) in [6.45, 7) is 11.8. The summed E-state index contributed by atoms with van der Waals surface area (Å²) in [5, 5.41) is 0.597. The molecule has 0 fully saturated rings. The summed E-state index contributed by atoms with van der Waals surface area (Å²) in [5.41, 5.74) is 2.05. The van der Waals surface area contributed by atoms with E-state index in [9.17, 15) is 0 Å². The Morgan fingerprint density at radius 2 is 1.90 bits per heavy atom. The molecule has 1 aromatic carbocycles. The van der Waals surface area contributed by atoms with Crippen LogP contribution in [0.2, 0.25) is 5.02 Å². The Morgan fingerprint density at radius 1 is 1.25 bits per heavy atom. The Bertz CT molecular complexity index is 612. The van der Waals surface area contributed by atoms with Gasteiger partial charge in [-0.25, -0.2) is 4.98 Å². The maximum absolute atomic E-state index is 6.38. The Labute approximate surface area is 131 Å². The predicted octanol–water partition coefficient (Wildman–Crippen LogP) is 5.67. The van der Waals surface area contributed by atoms with Crippen LogP contribution in [0.4, 0.5) is 0 Å². The van der Waals surface area contributed by atoms with Crippen molar-refractivity contribution in [3.63, 3.8) is 0 Å². The molecule has 0 bridgehead atoms. The van der Waals surface area contributed by atoms with Crippen molar-refractivity contribution >= 4 is 34.2 Å². The molecular formula is C16H22Cl2N2. The molecular weight excluding hydrogens is 291 g/mol. The molecule has 0 amide bonds. The molecule has 0 saturated carbocycles. The fourth-order valence-corrected chi connectivity index (χ4v) is 2.65. The van der Waals surface area contributed by atoms with E-state index in [1.807, 2.05) is 25.1 Å². The minimum atomic E-state index is -0.138. The number of imidazole rings is 1. The van der Waals surface area contributed by atoms with Gasteiger partial charge >= 0.3 is 0 Å². The summed E-state index contributed by atoms with van der Waals surface area (Å²) < 4.78 is 2.19. The van der Waals surface area contributed by atoms with Crippen molar-refractivity contribution in [2.45, 2.75) is 46.5 Å². The summed E-state index contributed by atoms with van der Waals surface area (Å²) in [4.78, 5) is 4.66. The standard InChI is InChI=1S/C16H22Cl2N2/c1-10(2)16(4,5)9-20-14-12(18)7-6-8-13(14)19-15(20)11(3)17/h6-8,10-11H,9H2,1-5H3. The van der Waals surface area contributed by atoms with Crippen LogP contribution in [-0.2, 0) is 6.54 Å². The second-order valence-corrected chi connectivity index (χ2v) is 7.48. The first kappa shape index (κ1) is 15.7. The zero-order chi connectivity index (χ0) is 15.1. The molecule has 110 valence electrons. The van der Waals surface area contributed by atoms with Gasteiger partial charge in [0.15, 0.2) is 0 Å². The highest BCUT2D eigenvalue weighted by Crippen LogP contribution is 2.35. The summed E-state index contributed by atoms with van der Waals surface area (Å²) in [6, 6.07) is 5.83. The number of nitrogens with zero attached hydrogens (tertiary/aromatic N) is 2. The second-order valence-electron chi connectivity index (χ2n) is 6.42. The summed E-state index contributed by atoms with van der Waals surface area (Å²) >= 11 is 12.7. The Hall–Kier alpha value is -0.730. The van der Waals surface area contributed by atoms with Crippen LogP contribution in [0.3, 0.4) is 0 Å². The number of alkyl halides is 1. The summed E-state index contributed by atoms with van der Waals surface area (Å²) in [5.74, 6) is 1.45. The smallest absolute Gasteiger partial charge is 0.127 e. The normalized spacial score (nSPS) is 14.2. The second kappa shape index (κ2) is 5.57. The molecule has 2 rings (SSSR count). The molecule has 4 heteroatoms. The van der Waals surface area contributed by atoms with E-state index < -0.39 is 0 Å². The van der Waals surface area contributed by atoms with Gasteiger partial charge in [-0.15, -0.1) is 11.6 Å². The van der Waals surface area contributed by atoms with Crippen LogP contribution in [0.1, 0.15) is 45.8 Å². The lowest BCUT2D eigenvalue weighted by atomic mass is 9.81. The number of fused-ring (bicyclic) bond motifs is 1. The third-order valence-corrected chi connectivity index (χ3v) is 4.73. The summed E-state index contributed by atoms with van der Waals surface area (Å²) in [7, 11) is 0. The lowest BCUT2D eigenvalue weighted by molar-refractivity contribution is 0.210. The number of aromatic nitrogens is 2. The van der Waals surface area contributed by atoms with Crippen molar-refractivity contribution in [2.24, 2.45) is 11.3 Å². The Balaban J connectivity index is 2.63. The highest BCUT2D eigenvalue weighted by Gasteiger charge is 2.27. The van der Waals surface area contributed by atoms with Crippen LogP contribution >= 0.6 is 23.2 Å². The SMILES string of the molecule is CC(Cl)c1nc2cccc(Cl)c2n1CC(C)(C)C(C)C. The molecule has 0 N–H and O–H groups in total. The molecule has 0 saturated heterocycles. The lowest BCUT2D eigenvalue weighted by Crippen LogP contribution is -2.26. The molecule has 1 atom stereocenters. The molecule has 1 heterocycles. The number of benzene rings is 1. The minimum absolute atomic E-state index is 0.138. The quantitative estimate of drug-likeness (QED) is 0.665. The van der Waals surface area contributed by atoms with Gasteiger partial charge in [0.05, 0.1) is 21.4 Å². The van der Waals surface area contributed by atoms with E-state index in [0.29, 0.717) is 5.92 Å². The first-order valence-electron chi connectivity index (χ1n) is 7.02. The van der Waals surface area contributed by atoms with Gasteiger partial charge in [0.2, 0.25) is 0 Å². The van der Waals surface area contributed by atoms with Crippen molar-refractivity contribution in [1.82, 2.24) is 9.55 Å². The molecule has 2 nitrogen and oxygen atoms in total. The van der Waals surface area contributed by atoms with Gasteiger partial charge in [-0.1, -0.05) is 45.4 Å². The third-order valence-electron chi connectivity index (χ3n) is 4.23. The van der Waals surface area contributed by atoms with Gasteiger partial charge < -0.3 is 4.57 Å². The molecule has 0 aliphatic heterocycles. The van der Waals surface area contributed by atoms with Gasteiger partial charge in [-0.2, -0.15) is 0 Å². The van der Waals surface area contributed by atoms with Gasteiger partial charge in [0, 0.05) is 6.54 Å². The average Bonchev–Trinajstić information content (AvgIpc) is 2.68. The van der Waals surface area contributed by atoms with Crippen molar-refractivity contribution in [3.05, 3.63) is 29.0 Å². The first-order valence-corrected chi connectivity index (χ1v) is 7.84. The van der Waals surface area contributed by atoms with E-state index in [-0.39, 0.29) is 10.8 Å². The van der Waals surface area contributed by atoms with Crippen LogP contribution in [0.25, 0.3) is 11.0 Å². The maximum Gasteiger partial charge on any atom is 0.127 e. The molecule has 0 spiro atoms. The zero-order valence-corrected chi connectivity index (χ0v) is 14.3. The molecule has 20 heavy (non-hydrogen) atoms. The van der Waals surface area contributed by atoms with E-state index in [1.165, 1.54) is 0 Å². The van der Waals surface area contributed by atoms with Crippen LogP contribution < -0.4 is 0 Å². The Kier molecular flexibility index (Phi) is 4.36. The van der Waals surface area contributed by atoms with Crippen molar-refractivity contribution < 1.29 is 0 Å². The third kappa shape index (κ3) is 2.82. The average molecular weight is 313 g/mol. The van der Waals surface area contributed by atoms with E-state index in [4.69, 9.17) is 23.2 Å². The maximum atomic E-state index is 6.38. The molecule has 2 aromatic rings. The Morgan fingerprint density at radius 3 is 2.45 bits per heavy atom. The van der Waals surface area contributed by atoms with Gasteiger partial charge in [0.1, 0.15) is 5.82 Å². The summed E-state index contributed by atoms with van der Waals surface area (Å²) in [6.07, 6.45) is 0. The van der Waals surface area contributed by atoms with Crippen LogP contribution in [0, 0.1) is 11.3 Å². The molecule has 0 aliphatic carbocycles. The molecule has 0 radical (unpaired) electrons. The first-order chi connectivity index (χ1) is 9.24. The molecule has 1 aromatic heterocycles. The van der Waals surface area contributed by atoms with Crippen LogP contribution in [0.5, 0.6) is 0 Å². The minimum Gasteiger partial charge on any atom is -0.325 e. The van der Waals surface area contributed by atoms with E-state index >= 15 is 0 Å². The molecule has 1 unspecified atom stereocenters. The van der Waals surface area contributed by atoms with E-state index in [2.05, 4.69) is 37.2 Å². The number of rotatable bonds is 4. The highest BCUT2D eigenvalue weighted by atomic mass is 35.5. The largest absolute Gasteiger partial charge is 0.325 e. The van der Waals surface area contributed by atoms with E-state index in [0.717, 1.165) is 28.4 Å².